The molecule has 21 heavy (non-hydrogen) atoms. The summed E-state index contributed by atoms with van der Waals surface area (Å²) in [6.45, 7) is 4.08. The molecule has 0 amide bonds. The van der Waals surface area contributed by atoms with Crippen molar-refractivity contribution in [3.8, 4) is 5.75 Å². The van der Waals surface area contributed by atoms with Gasteiger partial charge in [0, 0.05) is 6.42 Å². The first-order chi connectivity index (χ1) is 10.1. The zero-order valence-corrected chi connectivity index (χ0v) is 12.8. The number of methoxy groups -OCH3 is 1. The third-order valence-electron chi connectivity index (χ3n) is 3.62. The van der Waals surface area contributed by atoms with Gasteiger partial charge in [-0.2, -0.15) is 0 Å². The van der Waals surface area contributed by atoms with Crippen LogP contribution in [0.4, 0.5) is 0 Å². The summed E-state index contributed by atoms with van der Waals surface area (Å²) in [5.74, 6) is 0.788. The smallest absolute Gasteiger partial charge is 0.118 e. The first-order valence-corrected chi connectivity index (χ1v) is 7.12. The number of allylic oxidation sites excluding steroid dienone is 1. The van der Waals surface area contributed by atoms with Gasteiger partial charge in [0.25, 0.3) is 0 Å². The van der Waals surface area contributed by atoms with Gasteiger partial charge < -0.3 is 9.84 Å². The number of hydrogen-bond acceptors (Lipinski definition) is 2. The SMILES string of the molecule is COc1ccc(C(O)(CC=C(C)C)c2ccccc2)cc1. The van der Waals surface area contributed by atoms with Crippen molar-refractivity contribution in [2.75, 3.05) is 7.11 Å². The van der Waals surface area contributed by atoms with Crippen LogP contribution in [0.1, 0.15) is 31.4 Å². The first kappa shape index (κ1) is 15.3. The maximum Gasteiger partial charge on any atom is 0.118 e. The van der Waals surface area contributed by atoms with E-state index < -0.39 is 5.60 Å². The van der Waals surface area contributed by atoms with Gasteiger partial charge in [-0.25, -0.2) is 0 Å². The van der Waals surface area contributed by atoms with Crippen molar-refractivity contribution in [1.29, 1.82) is 0 Å². The van der Waals surface area contributed by atoms with E-state index in [1.807, 2.05) is 68.4 Å². The van der Waals surface area contributed by atoms with Gasteiger partial charge in [0.1, 0.15) is 11.4 Å². The van der Waals surface area contributed by atoms with Crippen LogP contribution < -0.4 is 4.74 Å². The Kier molecular flexibility index (Phi) is 4.81. The zero-order chi connectivity index (χ0) is 15.3. The second-order valence-corrected chi connectivity index (χ2v) is 5.44. The van der Waals surface area contributed by atoms with E-state index in [0.717, 1.165) is 16.9 Å². The molecule has 2 heteroatoms. The van der Waals surface area contributed by atoms with Crippen molar-refractivity contribution < 1.29 is 9.84 Å². The molecule has 0 heterocycles. The van der Waals surface area contributed by atoms with Crippen LogP contribution in [0.5, 0.6) is 5.75 Å². The van der Waals surface area contributed by atoms with E-state index in [1.165, 1.54) is 5.57 Å². The maximum atomic E-state index is 11.3. The molecule has 2 nitrogen and oxygen atoms in total. The number of aliphatic hydroxyl groups is 1. The molecule has 0 aliphatic rings. The average molecular weight is 282 g/mol. The van der Waals surface area contributed by atoms with E-state index >= 15 is 0 Å². The van der Waals surface area contributed by atoms with E-state index in [-0.39, 0.29) is 0 Å². The Balaban J connectivity index is 2.46. The van der Waals surface area contributed by atoms with E-state index in [2.05, 4.69) is 6.08 Å². The molecule has 0 aliphatic carbocycles. The summed E-state index contributed by atoms with van der Waals surface area (Å²) in [5, 5.41) is 11.3. The predicted molar refractivity (Wildman–Crippen MR) is 86.5 cm³/mol. The minimum absolute atomic E-state index is 0.547. The molecule has 110 valence electrons. The summed E-state index contributed by atoms with van der Waals surface area (Å²) in [6.07, 6.45) is 2.61. The van der Waals surface area contributed by atoms with Crippen LogP contribution in [0, 0.1) is 0 Å². The molecular weight excluding hydrogens is 260 g/mol. The number of benzene rings is 2. The van der Waals surface area contributed by atoms with Gasteiger partial charge in [0.15, 0.2) is 0 Å². The van der Waals surface area contributed by atoms with Crippen LogP contribution in [0.2, 0.25) is 0 Å². The Morgan fingerprint density at radius 1 is 1.00 bits per heavy atom. The molecule has 1 unspecified atom stereocenters. The Hall–Kier alpha value is -2.06. The lowest BCUT2D eigenvalue weighted by Crippen LogP contribution is -2.26. The molecule has 0 aliphatic heterocycles. The molecule has 2 aromatic carbocycles. The first-order valence-electron chi connectivity index (χ1n) is 7.12. The molecule has 2 aromatic rings. The van der Waals surface area contributed by atoms with Gasteiger partial charge in [0.05, 0.1) is 7.11 Å². The van der Waals surface area contributed by atoms with Gasteiger partial charge in [-0.1, -0.05) is 54.1 Å². The highest BCUT2D eigenvalue weighted by Crippen LogP contribution is 2.34. The molecule has 0 saturated carbocycles. The second-order valence-electron chi connectivity index (χ2n) is 5.44. The number of hydrogen-bond donors (Lipinski definition) is 1. The average Bonchev–Trinajstić information content (AvgIpc) is 2.53. The minimum Gasteiger partial charge on any atom is -0.497 e. The van der Waals surface area contributed by atoms with Gasteiger partial charge in [0.2, 0.25) is 0 Å². The number of ether oxygens (including phenoxy) is 1. The van der Waals surface area contributed by atoms with Crippen LogP contribution in [-0.4, -0.2) is 12.2 Å². The summed E-state index contributed by atoms with van der Waals surface area (Å²) in [5.41, 5.74) is 1.93. The van der Waals surface area contributed by atoms with Crippen LogP contribution in [-0.2, 0) is 5.60 Å². The quantitative estimate of drug-likeness (QED) is 0.829. The molecule has 0 aromatic heterocycles. The highest BCUT2D eigenvalue weighted by atomic mass is 16.5. The van der Waals surface area contributed by atoms with Crippen molar-refractivity contribution in [3.63, 3.8) is 0 Å². The van der Waals surface area contributed by atoms with Crippen LogP contribution in [0.15, 0.2) is 66.2 Å². The highest BCUT2D eigenvalue weighted by molar-refractivity contribution is 5.39. The summed E-state index contributed by atoms with van der Waals surface area (Å²) in [4.78, 5) is 0. The molecule has 2 rings (SSSR count). The molecule has 1 atom stereocenters. The molecule has 0 spiro atoms. The second kappa shape index (κ2) is 6.59. The molecule has 0 radical (unpaired) electrons. The molecule has 0 bridgehead atoms. The molecular formula is C19H22O2. The van der Waals surface area contributed by atoms with Crippen molar-refractivity contribution >= 4 is 0 Å². The topological polar surface area (TPSA) is 29.5 Å². The predicted octanol–water partition coefficient (Wildman–Crippen LogP) is 4.29. The number of rotatable bonds is 5. The lowest BCUT2D eigenvalue weighted by Gasteiger charge is -2.28. The summed E-state index contributed by atoms with van der Waals surface area (Å²) in [7, 11) is 1.64. The van der Waals surface area contributed by atoms with Gasteiger partial charge in [-0.05, 0) is 37.1 Å². The molecule has 0 fully saturated rings. The lowest BCUT2D eigenvalue weighted by molar-refractivity contribution is 0.0838. The third-order valence-corrected chi connectivity index (χ3v) is 3.62. The van der Waals surface area contributed by atoms with Crippen LogP contribution >= 0.6 is 0 Å². The summed E-state index contributed by atoms with van der Waals surface area (Å²) in [6, 6.07) is 17.4. The summed E-state index contributed by atoms with van der Waals surface area (Å²) >= 11 is 0. The zero-order valence-electron chi connectivity index (χ0n) is 12.8. The van der Waals surface area contributed by atoms with Crippen molar-refractivity contribution in [2.24, 2.45) is 0 Å². The monoisotopic (exact) mass is 282 g/mol. The van der Waals surface area contributed by atoms with Crippen molar-refractivity contribution in [3.05, 3.63) is 77.4 Å². The maximum absolute atomic E-state index is 11.3. The van der Waals surface area contributed by atoms with Crippen molar-refractivity contribution in [2.45, 2.75) is 25.9 Å². The Morgan fingerprint density at radius 3 is 2.10 bits per heavy atom. The van der Waals surface area contributed by atoms with Crippen LogP contribution in [0.25, 0.3) is 0 Å². The normalized spacial score (nSPS) is 13.3. The fourth-order valence-electron chi connectivity index (χ4n) is 2.33. The highest BCUT2D eigenvalue weighted by Gasteiger charge is 2.30. The Bertz CT molecular complexity index is 595. The third kappa shape index (κ3) is 3.53. The Morgan fingerprint density at radius 2 is 1.57 bits per heavy atom. The molecule has 1 N–H and O–H groups in total. The van der Waals surface area contributed by atoms with Crippen molar-refractivity contribution in [1.82, 2.24) is 0 Å². The summed E-state index contributed by atoms with van der Waals surface area (Å²) < 4.78 is 5.19. The van der Waals surface area contributed by atoms with Crippen LogP contribution in [0.3, 0.4) is 0 Å². The minimum atomic E-state index is -1.02. The lowest BCUT2D eigenvalue weighted by atomic mass is 9.83. The van der Waals surface area contributed by atoms with Gasteiger partial charge >= 0.3 is 0 Å². The fraction of sp³-hybridized carbons (Fsp3) is 0.263. The molecule has 0 saturated heterocycles. The standard InChI is InChI=1S/C19H22O2/c1-15(2)13-14-19(20,16-7-5-4-6-8-16)17-9-11-18(21-3)12-10-17/h4-13,20H,14H2,1-3H3. The Labute approximate surface area is 126 Å². The van der Waals surface area contributed by atoms with E-state index in [9.17, 15) is 5.11 Å². The van der Waals surface area contributed by atoms with Gasteiger partial charge in [-0.15, -0.1) is 0 Å². The largest absolute Gasteiger partial charge is 0.497 e. The van der Waals surface area contributed by atoms with Gasteiger partial charge in [-0.3, -0.25) is 0 Å². The fourth-order valence-corrected chi connectivity index (χ4v) is 2.33. The van der Waals surface area contributed by atoms with E-state index in [1.54, 1.807) is 7.11 Å². The van der Waals surface area contributed by atoms with E-state index in [0.29, 0.717) is 6.42 Å². The van der Waals surface area contributed by atoms with E-state index in [4.69, 9.17) is 4.74 Å².